The van der Waals surface area contributed by atoms with E-state index in [0.717, 1.165) is 16.6 Å². The van der Waals surface area contributed by atoms with E-state index in [-0.39, 0.29) is 0 Å². The number of hydrogen-bond acceptors (Lipinski definition) is 4. The summed E-state index contributed by atoms with van der Waals surface area (Å²) in [6, 6.07) is 3.67. The van der Waals surface area contributed by atoms with Crippen molar-refractivity contribution in [2.45, 2.75) is 51.6 Å². The van der Waals surface area contributed by atoms with Crippen molar-refractivity contribution in [2.75, 3.05) is 0 Å². The molecule has 0 aliphatic carbocycles. The maximum Gasteiger partial charge on any atom is 0.495 e. The average molecular weight is 305 g/mol. The molecule has 1 aliphatic heterocycles. The molecule has 7 heteroatoms. The Morgan fingerprint density at radius 1 is 1.24 bits per heavy atom. The Balaban J connectivity index is 2.49. The lowest BCUT2D eigenvalue weighted by Gasteiger charge is -2.32. The largest absolute Gasteiger partial charge is 0.495 e. The summed E-state index contributed by atoms with van der Waals surface area (Å²) in [6.07, 6.45) is 0. The summed E-state index contributed by atoms with van der Waals surface area (Å²) in [5.74, 6) is 0.563. The van der Waals surface area contributed by atoms with Gasteiger partial charge in [0, 0.05) is 16.4 Å². The van der Waals surface area contributed by atoms with Gasteiger partial charge in [-0.1, -0.05) is 11.2 Å². The number of thiol groups is 1. The quantitative estimate of drug-likeness (QED) is 0.304. The maximum atomic E-state index is 8.65. The lowest BCUT2D eigenvalue weighted by Crippen LogP contribution is -2.41. The lowest BCUT2D eigenvalue weighted by molar-refractivity contribution is 0.00578. The van der Waals surface area contributed by atoms with Gasteiger partial charge in [0.25, 0.3) is 0 Å². The van der Waals surface area contributed by atoms with Gasteiger partial charge in [0.15, 0.2) is 0 Å². The van der Waals surface area contributed by atoms with Gasteiger partial charge in [0.05, 0.1) is 11.2 Å². The van der Waals surface area contributed by atoms with Gasteiger partial charge in [-0.25, -0.2) is 0 Å². The van der Waals surface area contributed by atoms with Gasteiger partial charge in [-0.15, -0.1) is 0 Å². The SMILES string of the molecule is Cc1c(CS)cc(N=[N+]=[N-])cc1B1OC(C)(C)C(C)(C)O1. The molecule has 0 atom stereocenters. The second-order valence-electron chi connectivity index (χ2n) is 6.25. The fourth-order valence-corrected chi connectivity index (χ4v) is 2.60. The van der Waals surface area contributed by atoms with E-state index in [4.69, 9.17) is 14.8 Å². The number of benzene rings is 1. The molecule has 0 aromatic heterocycles. The van der Waals surface area contributed by atoms with Crippen LogP contribution in [-0.4, -0.2) is 18.3 Å². The van der Waals surface area contributed by atoms with Gasteiger partial charge >= 0.3 is 7.12 Å². The first-order valence-corrected chi connectivity index (χ1v) is 7.50. The minimum absolute atomic E-state index is 0.403. The van der Waals surface area contributed by atoms with Crippen molar-refractivity contribution in [1.29, 1.82) is 0 Å². The molecule has 0 amide bonds. The molecule has 1 heterocycles. The Kier molecular flexibility index (Phi) is 4.31. The first kappa shape index (κ1) is 16.2. The van der Waals surface area contributed by atoms with E-state index in [1.54, 1.807) is 0 Å². The highest BCUT2D eigenvalue weighted by atomic mass is 32.1. The molecule has 21 heavy (non-hydrogen) atoms. The highest BCUT2D eigenvalue weighted by Crippen LogP contribution is 2.37. The average Bonchev–Trinajstić information content (AvgIpc) is 2.60. The van der Waals surface area contributed by atoms with Gasteiger partial charge in [0.1, 0.15) is 0 Å². The van der Waals surface area contributed by atoms with E-state index in [0.29, 0.717) is 11.4 Å². The van der Waals surface area contributed by atoms with Crippen molar-refractivity contribution < 1.29 is 9.31 Å². The molecule has 0 radical (unpaired) electrons. The van der Waals surface area contributed by atoms with E-state index < -0.39 is 18.3 Å². The molecule has 1 aromatic rings. The number of azide groups is 1. The monoisotopic (exact) mass is 305 g/mol. The second-order valence-corrected chi connectivity index (χ2v) is 6.57. The Hall–Kier alpha value is -1.14. The van der Waals surface area contributed by atoms with Crippen molar-refractivity contribution >= 4 is 30.9 Å². The molecule has 112 valence electrons. The molecule has 0 bridgehead atoms. The Bertz CT molecular complexity index is 596. The third-order valence-electron chi connectivity index (χ3n) is 4.38. The molecule has 1 aliphatic rings. The van der Waals surface area contributed by atoms with E-state index in [1.165, 1.54) is 0 Å². The summed E-state index contributed by atoms with van der Waals surface area (Å²) in [4.78, 5) is 2.85. The molecule has 0 unspecified atom stereocenters. The van der Waals surface area contributed by atoms with Crippen LogP contribution in [0.1, 0.15) is 38.8 Å². The van der Waals surface area contributed by atoms with Crippen molar-refractivity contribution in [3.8, 4) is 0 Å². The fourth-order valence-electron chi connectivity index (χ4n) is 2.27. The van der Waals surface area contributed by atoms with Gasteiger partial charge in [-0.2, -0.15) is 12.6 Å². The van der Waals surface area contributed by atoms with Crippen LogP contribution < -0.4 is 5.46 Å². The zero-order valence-corrected chi connectivity index (χ0v) is 13.9. The van der Waals surface area contributed by atoms with E-state index in [9.17, 15) is 0 Å². The minimum Gasteiger partial charge on any atom is -0.399 e. The third-order valence-corrected chi connectivity index (χ3v) is 4.72. The van der Waals surface area contributed by atoms with E-state index in [2.05, 4.69) is 22.7 Å². The third kappa shape index (κ3) is 2.92. The van der Waals surface area contributed by atoms with Gasteiger partial charge in [-0.3, -0.25) is 0 Å². The Labute approximate surface area is 131 Å². The standard InChI is InChI=1S/C14H20BN3O2S/c1-9-10(8-21)6-11(17-18-16)7-12(9)15-19-13(2,3)14(4,5)20-15/h6-7,21H,8H2,1-5H3. The van der Waals surface area contributed by atoms with Gasteiger partial charge in [0.2, 0.25) is 0 Å². The molecular weight excluding hydrogens is 285 g/mol. The van der Waals surface area contributed by atoms with Gasteiger partial charge in [-0.05, 0) is 62.8 Å². The molecule has 0 N–H and O–H groups in total. The van der Waals surface area contributed by atoms with Gasteiger partial charge < -0.3 is 9.31 Å². The van der Waals surface area contributed by atoms with E-state index in [1.807, 2.05) is 46.8 Å². The van der Waals surface area contributed by atoms with Crippen LogP contribution in [-0.2, 0) is 15.1 Å². The smallest absolute Gasteiger partial charge is 0.399 e. The van der Waals surface area contributed by atoms with Crippen molar-refractivity contribution in [3.05, 3.63) is 33.7 Å². The molecule has 5 nitrogen and oxygen atoms in total. The van der Waals surface area contributed by atoms with Crippen LogP contribution in [0.25, 0.3) is 10.4 Å². The molecule has 1 saturated heterocycles. The molecule has 2 rings (SSSR count). The van der Waals surface area contributed by atoms with Crippen LogP contribution >= 0.6 is 12.6 Å². The van der Waals surface area contributed by atoms with Crippen LogP contribution in [0, 0.1) is 6.92 Å². The van der Waals surface area contributed by atoms with E-state index >= 15 is 0 Å². The topological polar surface area (TPSA) is 67.2 Å². The first-order chi connectivity index (χ1) is 9.71. The lowest BCUT2D eigenvalue weighted by atomic mass is 9.75. The number of hydrogen-bond donors (Lipinski definition) is 1. The Morgan fingerprint density at radius 2 is 1.81 bits per heavy atom. The Morgan fingerprint density at radius 3 is 2.29 bits per heavy atom. The summed E-state index contributed by atoms with van der Waals surface area (Å²) >= 11 is 4.34. The molecule has 0 saturated carbocycles. The van der Waals surface area contributed by atoms with Crippen molar-refractivity contribution in [2.24, 2.45) is 5.11 Å². The van der Waals surface area contributed by atoms with Crippen LogP contribution in [0.4, 0.5) is 5.69 Å². The summed E-state index contributed by atoms with van der Waals surface area (Å²) < 4.78 is 12.2. The van der Waals surface area contributed by atoms with Crippen LogP contribution in [0.3, 0.4) is 0 Å². The first-order valence-electron chi connectivity index (χ1n) is 6.87. The predicted molar refractivity (Wildman–Crippen MR) is 88.4 cm³/mol. The predicted octanol–water partition coefficient (Wildman–Crippen LogP) is 3.67. The minimum atomic E-state index is -0.470. The second kappa shape index (κ2) is 5.57. The zero-order valence-electron chi connectivity index (χ0n) is 13.0. The summed E-state index contributed by atoms with van der Waals surface area (Å²) in [5.41, 5.74) is 11.4. The number of rotatable bonds is 3. The normalized spacial score (nSPS) is 19.4. The maximum absolute atomic E-state index is 8.65. The van der Waals surface area contributed by atoms with Crippen LogP contribution in [0.2, 0.25) is 0 Å². The number of nitrogens with zero attached hydrogens (tertiary/aromatic N) is 3. The highest BCUT2D eigenvalue weighted by molar-refractivity contribution is 7.79. The van der Waals surface area contributed by atoms with Crippen molar-refractivity contribution in [3.63, 3.8) is 0 Å². The summed E-state index contributed by atoms with van der Waals surface area (Å²) in [5, 5.41) is 3.70. The highest BCUT2D eigenvalue weighted by Gasteiger charge is 2.52. The fraction of sp³-hybridized carbons (Fsp3) is 0.571. The molecule has 1 aromatic carbocycles. The van der Waals surface area contributed by atoms with Crippen LogP contribution in [0.5, 0.6) is 0 Å². The van der Waals surface area contributed by atoms with Crippen LogP contribution in [0.15, 0.2) is 17.2 Å². The molecule has 1 fully saturated rings. The molecular formula is C14H20BN3O2S. The summed E-state index contributed by atoms with van der Waals surface area (Å²) in [6.45, 7) is 10.1. The van der Waals surface area contributed by atoms with Crippen molar-refractivity contribution in [1.82, 2.24) is 0 Å². The summed E-state index contributed by atoms with van der Waals surface area (Å²) in [7, 11) is -0.470. The molecule has 0 spiro atoms. The zero-order chi connectivity index (χ0) is 15.8.